The number of benzene rings is 1. The van der Waals surface area contributed by atoms with Crippen molar-refractivity contribution in [2.24, 2.45) is 5.92 Å². The Morgan fingerprint density at radius 1 is 0.857 bits per heavy atom. The van der Waals surface area contributed by atoms with Crippen molar-refractivity contribution in [1.82, 2.24) is 0 Å². The number of carbonyl (C=O) groups is 1. The van der Waals surface area contributed by atoms with Gasteiger partial charge in [-0.15, -0.1) is 0 Å². The maximum absolute atomic E-state index is 13.4. The summed E-state index contributed by atoms with van der Waals surface area (Å²) < 4.78 is 17.3. The van der Waals surface area contributed by atoms with E-state index in [0.717, 1.165) is 42.4 Å². The molecule has 1 aromatic carbocycles. The first-order valence-electron chi connectivity index (χ1n) is 13.5. The number of hydrogen-bond acceptors (Lipinski definition) is 5. The number of ketones is 1. The lowest BCUT2D eigenvalue weighted by molar-refractivity contribution is -0.124. The quantitative estimate of drug-likeness (QED) is 0.206. The average molecular weight is 491 g/mol. The first kappa shape index (κ1) is 31.7. The highest BCUT2D eigenvalue weighted by molar-refractivity contribution is 6.36. The van der Waals surface area contributed by atoms with Crippen LogP contribution in [0.5, 0.6) is 5.75 Å². The van der Waals surface area contributed by atoms with Crippen LogP contribution in [0.4, 0.5) is 0 Å². The summed E-state index contributed by atoms with van der Waals surface area (Å²) in [5.41, 5.74) is 2.26. The van der Waals surface area contributed by atoms with Gasteiger partial charge in [0, 0.05) is 31.7 Å². The first-order chi connectivity index (χ1) is 16.2. The van der Waals surface area contributed by atoms with Crippen molar-refractivity contribution in [3.8, 4) is 5.75 Å². The molecule has 1 rings (SSSR count). The molecule has 1 N–H and O–H groups in total. The summed E-state index contributed by atoms with van der Waals surface area (Å²) >= 11 is 0. The molecule has 0 aliphatic carbocycles. The van der Waals surface area contributed by atoms with Gasteiger partial charge in [0.05, 0.1) is 0 Å². The van der Waals surface area contributed by atoms with Gasteiger partial charge in [-0.1, -0.05) is 94.2 Å². The highest BCUT2D eigenvalue weighted by Gasteiger charge is 2.30. The van der Waals surface area contributed by atoms with Gasteiger partial charge in [0.1, 0.15) is 11.5 Å². The number of hydrogen-bond donors (Lipinski definition) is 1. The predicted molar refractivity (Wildman–Crippen MR) is 146 cm³/mol. The smallest absolute Gasteiger partial charge is 0.507 e. The lowest BCUT2D eigenvalue weighted by Crippen LogP contribution is -2.30. The zero-order valence-corrected chi connectivity index (χ0v) is 24.1. The number of carbonyl (C=O) groups excluding carboxylic acids is 1. The Morgan fingerprint density at radius 2 is 1.29 bits per heavy atom. The fraction of sp³-hybridized carbons (Fsp3) is 0.759. The molecule has 200 valence electrons. The molecule has 1 aromatic rings. The molecular weight excluding hydrogens is 439 g/mol. The van der Waals surface area contributed by atoms with Gasteiger partial charge >= 0.3 is 7.32 Å². The maximum atomic E-state index is 13.4. The topological polar surface area (TPSA) is 65.0 Å². The van der Waals surface area contributed by atoms with Crippen LogP contribution in [0.2, 0.25) is 0 Å². The molecule has 0 aliphatic heterocycles. The minimum Gasteiger partial charge on any atom is -0.507 e. The van der Waals surface area contributed by atoms with Gasteiger partial charge in [-0.05, 0) is 46.8 Å². The third kappa shape index (κ3) is 10.3. The Bertz CT molecular complexity index is 733. The van der Waals surface area contributed by atoms with Gasteiger partial charge in [-0.2, -0.15) is 0 Å². The fourth-order valence-corrected chi connectivity index (χ4v) is 3.92. The molecule has 0 radical (unpaired) electrons. The zero-order chi connectivity index (χ0) is 26.8. The highest BCUT2D eigenvalue weighted by Crippen LogP contribution is 2.41. The number of aromatic hydroxyl groups is 1. The highest BCUT2D eigenvalue weighted by atomic mass is 16.7. The van der Waals surface area contributed by atoms with Crippen LogP contribution >= 0.6 is 0 Å². The molecule has 0 bridgehead atoms. The minimum atomic E-state index is -0.673. The summed E-state index contributed by atoms with van der Waals surface area (Å²) in [5.74, 6) is 0.0773. The summed E-state index contributed by atoms with van der Waals surface area (Å²) in [5, 5.41) is 11.0. The second-order valence-corrected chi connectivity index (χ2v) is 11.9. The summed E-state index contributed by atoms with van der Waals surface area (Å²) in [6, 6.07) is 4.02. The van der Waals surface area contributed by atoms with Crippen molar-refractivity contribution in [2.45, 2.75) is 118 Å². The number of Topliss-reactive ketones (excluding diaryl/α,β-unsaturated/α-hetero) is 1. The van der Waals surface area contributed by atoms with Crippen LogP contribution in [0.1, 0.15) is 124 Å². The maximum Gasteiger partial charge on any atom is 0.639 e. The monoisotopic (exact) mass is 490 g/mol. The summed E-state index contributed by atoms with van der Waals surface area (Å²) in [7, 11) is -0.673. The third-order valence-electron chi connectivity index (χ3n) is 6.47. The first-order valence-corrected chi connectivity index (χ1v) is 13.5. The molecule has 2 atom stereocenters. The van der Waals surface area contributed by atoms with Crippen molar-refractivity contribution in [1.29, 1.82) is 0 Å². The van der Waals surface area contributed by atoms with Gasteiger partial charge in [-0.3, -0.25) is 4.79 Å². The van der Waals surface area contributed by atoms with Crippen molar-refractivity contribution < 1.29 is 23.9 Å². The standard InChI is InChI=1S/C29H51BO5/c1-11-13-16-33-30(34-17-14-12-2)35-18-15-21(3)26(31)22(4)23-19-24(28(5,6)7)27(32)25(20-23)29(8,9)10/h19-22,32H,11-18H2,1-10H3. The minimum absolute atomic E-state index is 0.165. The molecule has 0 saturated carbocycles. The van der Waals surface area contributed by atoms with E-state index in [1.165, 1.54) is 0 Å². The van der Waals surface area contributed by atoms with E-state index in [2.05, 4.69) is 55.4 Å². The van der Waals surface area contributed by atoms with E-state index in [1.54, 1.807) is 0 Å². The largest absolute Gasteiger partial charge is 0.639 e. The molecule has 0 amide bonds. The van der Waals surface area contributed by atoms with Crippen LogP contribution in [0.3, 0.4) is 0 Å². The van der Waals surface area contributed by atoms with E-state index in [0.29, 0.717) is 32.0 Å². The van der Waals surface area contributed by atoms with Crippen LogP contribution in [0.15, 0.2) is 12.1 Å². The molecule has 0 aliphatic rings. The third-order valence-corrected chi connectivity index (χ3v) is 6.47. The molecule has 35 heavy (non-hydrogen) atoms. The Morgan fingerprint density at radius 3 is 1.69 bits per heavy atom. The molecule has 0 fully saturated rings. The molecule has 0 spiro atoms. The lowest BCUT2D eigenvalue weighted by atomic mass is 9.76. The van der Waals surface area contributed by atoms with E-state index in [4.69, 9.17) is 14.0 Å². The second-order valence-electron chi connectivity index (χ2n) is 11.9. The van der Waals surface area contributed by atoms with E-state index < -0.39 is 7.32 Å². The number of rotatable bonds is 15. The van der Waals surface area contributed by atoms with E-state index >= 15 is 0 Å². The van der Waals surface area contributed by atoms with Crippen molar-refractivity contribution in [2.75, 3.05) is 19.8 Å². The fourth-order valence-electron chi connectivity index (χ4n) is 3.92. The molecule has 0 heterocycles. The van der Waals surface area contributed by atoms with Gasteiger partial charge in [-0.25, -0.2) is 0 Å². The van der Waals surface area contributed by atoms with E-state index in [9.17, 15) is 9.90 Å². The van der Waals surface area contributed by atoms with Gasteiger partial charge in [0.15, 0.2) is 0 Å². The van der Waals surface area contributed by atoms with Crippen molar-refractivity contribution in [3.63, 3.8) is 0 Å². The zero-order valence-electron chi connectivity index (χ0n) is 24.1. The van der Waals surface area contributed by atoms with Crippen LogP contribution in [-0.2, 0) is 29.6 Å². The van der Waals surface area contributed by atoms with Gasteiger partial charge in [0.2, 0.25) is 0 Å². The van der Waals surface area contributed by atoms with E-state index in [1.807, 2.05) is 26.0 Å². The van der Waals surface area contributed by atoms with Gasteiger partial charge < -0.3 is 19.1 Å². The Hall–Kier alpha value is -1.37. The number of unbranched alkanes of at least 4 members (excludes halogenated alkanes) is 2. The summed E-state index contributed by atoms with van der Waals surface area (Å²) in [6.07, 6.45) is 4.63. The van der Waals surface area contributed by atoms with E-state index in [-0.39, 0.29) is 28.4 Å². The second kappa shape index (κ2) is 14.4. The Kier molecular flexibility index (Phi) is 13.0. The molecule has 0 aromatic heterocycles. The normalized spacial score (nSPS) is 14.1. The predicted octanol–water partition coefficient (Wildman–Crippen LogP) is 7.32. The lowest BCUT2D eigenvalue weighted by Gasteiger charge is -2.29. The molecule has 5 nitrogen and oxygen atoms in total. The Balaban J connectivity index is 2.91. The van der Waals surface area contributed by atoms with Crippen LogP contribution in [0, 0.1) is 5.92 Å². The van der Waals surface area contributed by atoms with Crippen molar-refractivity contribution >= 4 is 13.1 Å². The molecule has 2 unspecified atom stereocenters. The van der Waals surface area contributed by atoms with Crippen LogP contribution < -0.4 is 0 Å². The SMILES string of the molecule is CCCCOB(OCCCC)OCCC(C)C(=O)C(C)c1cc(C(C)(C)C)c(O)c(C(C)(C)C)c1. The number of phenols is 1. The average Bonchev–Trinajstić information content (AvgIpc) is 2.76. The molecular formula is C29H51BO5. The summed E-state index contributed by atoms with van der Waals surface area (Å²) in [4.78, 5) is 13.4. The molecule has 0 saturated heterocycles. The Labute approximate surface area is 215 Å². The van der Waals surface area contributed by atoms with Crippen LogP contribution in [0.25, 0.3) is 0 Å². The van der Waals surface area contributed by atoms with Gasteiger partial charge in [0.25, 0.3) is 0 Å². The van der Waals surface area contributed by atoms with Crippen LogP contribution in [-0.4, -0.2) is 38.0 Å². The summed E-state index contributed by atoms with van der Waals surface area (Å²) in [6.45, 7) is 22.3. The number of phenolic OH excluding ortho intramolecular Hbond substituents is 1. The molecule has 6 heteroatoms. The van der Waals surface area contributed by atoms with Crippen molar-refractivity contribution in [3.05, 3.63) is 28.8 Å².